The van der Waals surface area contributed by atoms with E-state index in [0.717, 1.165) is 27.6 Å². The molecule has 0 saturated heterocycles. The molecule has 7 heteroatoms. The third-order valence-corrected chi connectivity index (χ3v) is 5.31. The van der Waals surface area contributed by atoms with Crippen LogP contribution in [0.15, 0.2) is 48.9 Å². The Labute approximate surface area is 155 Å². The Balaban J connectivity index is 1.93. The third-order valence-electron chi connectivity index (χ3n) is 4.19. The summed E-state index contributed by atoms with van der Waals surface area (Å²) in [6.45, 7) is 2.12. The Kier molecular flexibility index (Phi) is 5.61. The summed E-state index contributed by atoms with van der Waals surface area (Å²) in [4.78, 5) is 16.1. The summed E-state index contributed by atoms with van der Waals surface area (Å²) in [6, 6.07) is 10.0. The standard InChI is InChI=1S/C19H22N4O2S/c1-14(24)23-13-17(8-11-21-26(25)22(2)3)18-5-4-16(12-19(18)23)15-6-9-20-10-7-15/h4-7,9-10,12-13,21H,8,11H2,1-3H3. The number of hydrogen-bond donors (Lipinski definition) is 1. The molecule has 0 aliphatic rings. The van der Waals surface area contributed by atoms with Crippen LogP contribution < -0.4 is 4.72 Å². The lowest BCUT2D eigenvalue weighted by molar-refractivity contribution is 0.0941. The number of nitrogens with zero attached hydrogens (tertiary/aromatic N) is 3. The van der Waals surface area contributed by atoms with Gasteiger partial charge in [0.1, 0.15) is 0 Å². The van der Waals surface area contributed by atoms with Crippen LogP contribution in [0.4, 0.5) is 0 Å². The fourth-order valence-electron chi connectivity index (χ4n) is 2.88. The van der Waals surface area contributed by atoms with Crippen molar-refractivity contribution in [1.82, 2.24) is 18.6 Å². The summed E-state index contributed by atoms with van der Waals surface area (Å²) in [7, 11) is 3.51. The maximum atomic E-state index is 12.1. The molecule has 3 aromatic rings. The Morgan fingerprint density at radius 2 is 1.92 bits per heavy atom. The first-order valence-electron chi connectivity index (χ1n) is 8.35. The highest BCUT2D eigenvalue weighted by molar-refractivity contribution is 7.80. The van der Waals surface area contributed by atoms with E-state index in [1.54, 1.807) is 42.3 Å². The van der Waals surface area contributed by atoms with Gasteiger partial charge in [-0.15, -0.1) is 0 Å². The number of fused-ring (bicyclic) bond motifs is 1. The molecule has 26 heavy (non-hydrogen) atoms. The number of nitrogens with one attached hydrogen (secondary N) is 1. The average Bonchev–Trinajstić information content (AvgIpc) is 3.00. The molecule has 1 aromatic carbocycles. The van der Waals surface area contributed by atoms with Gasteiger partial charge in [-0.1, -0.05) is 12.1 Å². The van der Waals surface area contributed by atoms with Gasteiger partial charge in [0, 0.05) is 51.5 Å². The molecule has 136 valence electrons. The van der Waals surface area contributed by atoms with Crippen molar-refractivity contribution in [3.05, 3.63) is 54.5 Å². The number of aromatic nitrogens is 2. The van der Waals surface area contributed by atoms with E-state index in [9.17, 15) is 9.00 Å². The van der Waals surface area contributed by atoms with Crippen molar-refractivity contribution in [2.75, 3.05) is 20.6 Å². The minimum Gasteiger partial charge on any atom is -0.287 e. The number of carbonyl (C=O) groups is 1. The molecule has 0 amide bonds. The van der Waals surface area contributed by atoms with Gasteiger partial charge in [0.2, 0.25) is 5.91 Å². The van der Waals surface area contributed by atoms with E-state index in [-0.39, 0.29) is 5.91 Å². The van der Waals surface area contributed by atoms with Crippen molar-refractivity contribution in [2.24, 2.45) is 0 Å². The second kappa shape index (κ2) is 7.90. The Bertz CT molecular complexity index is 951. The van der Waals surface area contributed by atoms with Gasteiger partial charge in [0.05, 0.1) is 5.52 Å². The zero-order chi connectivity index (χ0) is 18.7. The van der Waals surface area contributed by atoms with Gasteiger partial charge in [-0.3, -0.25) is 14.3 Å². The molecule has 1 atom stereocenters. The van der Waals surface area contributed by atoms with Crippen molar-refractivity contribution in [1.29, 1.82) is 0 Å². The number of benzene rings is 1. The zero-order valence-corrected chi connectivity index (χ0v) is 15.9. The van der Waals surface area contributed by atoms with Gasteiger partial charge in [-0.2, -0.15) is 0 Å². The average molecular weight is 370 g/mol. The molecule has 0 radical (unpaired) electrons. The summed E-state index contributed by atoms with van der Waals surface area (Å²) >= 11 is -1.21. The Hall–Kier alpha value is -2.35. The number of pyridine rings is 1. The quantitative estimate of drug-likeness (QED) is 0.725. The predicted octanol–water partition coefficient (Wildman–Crippen LogP) is 2.64. The van der Waals surface area contributed by atoms with E-state index in [1.807, 2.05) is 30.5 Å². The van der Waals surface area contributed by atoms with Crippen LogP contribution in [0.3, 0.4) is 0 Å². The molecule has 0 bridgehead atoms. The lowest BCUT2D eigenvalue weighted by Crippen LogP contribution is -2.30. The SMILES string of the molecule is CC(=O)n1cc(CCNS(=O)N(C)C)c2ccc(-c3ccncc3)cc21. The lowest BCUT2D eigenvalue weighted by atomic mass is 10.0. The van der Waals surface area contributed by atoms with Gasteiger partial charge >= 0.3 is 0 Å². The van der Waals surface area contributed by atoms with Crippen molar-refractivity contribution in [3.8, 4) is 11.1 Å². The number of hydrogen-bond acceptors (Lipinski definition) is 3. The van der Waals surface area contributed by atoms with Crippen LogP contribution in [-0.2, 0) is 17.6 Å². The molecule has 0 saturated carbocycles. The third kappa shape index (κ3) is 3.90. The Morgan fingerprint density at radius 3 is 2.58 bits per heavy atom. The molecule has 2 heterocycles. The van der Waals surface area contributed by atoms with Crippen LogP contribution in [0.5, 0.6) is 0 Å². The predicted molar refractivity (Wildman–Crippen MR) is 105 cm³/mol. The summed E-state index contributed by atoms with van der Waals surface area (Å²) in [5.41, 5.74) is 4.04. The lowest BCUT2D eigenvalue weighted by Gasteiger charge is -2.09. The highest BCUT2D eigenvalue weighted by atomic mass is 32.2. The first-order valence-corrected chi connectivity index (χ1v) is 9.46. The van der Waals surface area contributed by atoms with Gasteiger partial charge in [0.25, 0.3) is 0 Å². The Morgan fingerprint density at radius 1 is 1.19 bits per heavy atom. The minimum atomic E-state index is -1.21. The topological polar surface area (TPSA) is 67.2 Å². The first-order chi connectivity index (χ1) is 12.5. The molecule has 0 aliphatic heterocycles. The fraction of sp³-hybridized carbons (Fsp3) is 0.263. The van der Waals surface area contributed by atoms with Crippen LogP contribution in [0.2, 0.25) is 0 Å². The molecular weight excluding hydrogens is 348 g/mol. The van der Waals surface area contributed by atoms with Crippen molar-refractivity contribution >= 4 is 28.0 Å². The van der Waals surface area contributed by atoms with Crippen LogP contribution in [0.1, 0.15) is 17.3 Å². The molecule has 2 aromatic heterocycles. The number of carbonyl (C=O) groups excluding carboxylic acids is 1. The van der Waals surface area contributed by atoms with Gasteiger partial charge in [0.15, 0.2) is 11.2 Å². The highest BCUT2D eigenvalue weighted by Crippen LogP contribution is 2.28. The maximum Gasteiger partial charge on any atom is 0.227 e. The molecule has 3 rings (SSSR count). The van der Waals surface area contributed by atoms with E-state index in [4.69, 9.17) is 0 Å². The van der Waals surface area contributed by atoms with Crippen LogP contribution in [0.25, 0.3) is 22.0 Å². The zero-order valence-electron chi connectivity index (χ0n) is 15.1. The normalized spacial score (nSPS) is 12.6. The monoisotopic (exact) mass is 370 g/mol. The van der Waals surface area contributed by atoms with E-state index >= 15 is 0 Å². The van der Waals surface area contributed by atoms with E-state index in [1.165, 1.54) is 0 Å². The van der Waals surface area contributed by atoms with Crippen molar-refractivity contribution in [2.45, 2.75) is 13.3 Å². The molecule has 1 unspecified atom stereocenters. The van der Waals surface area contributed by atoms with Gasteiger partial charge in [-0.25, -0.2) is 13.2 Å². The molecule has 6 nitrogen and oxygen atoms in total. The number of rotatable bonds is 6. The maximum absolute atomic E-state index is 12.1. The molecule has 0 spiro atoms. The fourth-order valence-corrected chi connectivity index (χ4v) is 3.42. The van der Waals surface area contributed by atoms with E-state index < -0.39 is 11.2 Å². The van der Waals surface area contributed by atoms with Crippen LogP contribution in [0, 0.1) is 0 Å². The van der Waals surface area contributed by atoms with E-state index in [2.05, 4.69) is 15.8 Å². The largest absolute Gasteiger partial charge is 0.287 e. The molecule has 0 aliphatic carbocycles. The summed E-state index contributed by atoms with van der Waals surface area (Å²) in [5.74, 6) is -0.0297. The summed E-state index contributed by atoms with van der Waals surface area (Å²) in [5, 5.41) is 1.04. The van der Waals surface area contributed by atoms with Crippen molar-refractivity contribution in [3.63, 3.8) is 0 Å². The molecular formula is C19H22N4O2S. The second-order valence-corrected chi connectivity index (χ2v) is 7.73. The minimum absolute atomic E-state index is 0.0297. The van der Waals surface area contributed by atoms with Crippen molar-refractivity contribution < 1.29 is 9.00 Å². The van der Waals surface area contributed by atoms with Crippen LogP contribution >= 0.6 is 0 Å². The summed E-state index contributed by atoms with van der Waals surface area (Å²) < 4.78 is 18.0. The smallest absolute Gasteiger partial charge is 0.227 e. The summed E-state index contributed by atoms with van der Waals surface area (Å²) in [6.07, 6.45) is 6.07. The van der Waals surface area contributed by atoms with Gasteiger partial charge in [-0.05, 0) is 41.3 Å². The van der Waals surface area contributed by atoms with Crippen LogP contribution in [-0.4, -0.2) is 44.6 Å². The highest BCUT2D eigenvalue weighted by Gasteiger charge is 2.13. The second-order valence-electron chi connectivity index (χ2n) is 6.22. The first kappa shape index (κ1) is 18.4. The van der Waals surface area contributed by atoms with E-state index in [0.29, 0.717) is 13.0 Å². The van der Waals surface area contributed by atoms with Gasteiger partial charge < -0.3 is 0 Å². The molecule has 0 fully saturated rings. The molecule has 1 N–H and O–H groups in total.